The third-order valence-electron chi connectivity index (χ3n) is 4.10. The van der Waals surface area contributed by atoms with Gasteiger partial charge in [0.25, 0.3) is 0 Å². The van der Waals surface area contributed by atoms with Gasteiger partial charge in [-0.15, -0.1) is 11.8 Å². The highest BCUT2D eigenvalue weighted by Gasteiger charge is 2.24. The predicted molar refractivity (Wildman–Crippen MR) is 86.8 cm³/mol. The number of hydrogen-bond donors (Lipinski definition) is 1. The second-order valence-corrected chi connectivity index (χ2v) is 6.79. The Morgan fingerprint density at radius 2 is 2.33 bits per heavy atom. The van der Waals surface area contributed by atoms with E-state index >= 15 is 0 Å². The summed E-state index contributed by atoms with van der Waals surface area (Å²) in [4.78, 5) is 15.6. The first-order valence-corrected chi connectivity index (χ1v) is 8.67. The number of carbonyl (C=O) groups excluding carboxylic acids is 1. The van der Waals surface area contributed by atoms with Gasteiger partial charge in [0.15, 0.2) is 0 Å². The molecule has 4 nitrogen and oxygen atoms in total. The molecule has 0 bridgehead atoms. The Labute approximate surface area is 130 Å². The van der Waals surface area contributed by atoms with Crippen LogP contribution in [0.4, 0.5) is 11.4 Å². The summed E-state index contributed by atoms with van der Waals surface area (Å²) in [6.07, 6.45) is 5.12. The average molecular weight is 306 g/mol. The molecule has 2 heterocycles. The van der Waals surface area contributed by atoms with Crippen molar-refractivity contribution >= 4 is 29.0 Å². The van der Waals surface area contributed by atoms with Gasteiger partial charge < -0.3 is 15.4 Å². The summed E-state index contributed by atoms with van der Waals surface area (Å²) < 4.78 is 5.71. The van der Waals surface area contributed by atoms with E-state index in [1.807, 2.05) is 23.1 Å². The van der Waals surface area contributed by atoms with Gasteiger partial charge in [-0.3, -0.25) is 4.79 Å². The SMILES string of the molecule is Nc1ccc2c(c1)N(C(=O)CCC1CCCCO1)CCS2. The fourth-order valence-electron chi connectivity index (χ4n) is 2.95. The summed E-state index contributed by atoms with van der Waals surface area (Å²) in [6.45, 7) is 1.62. The van der Waals surface area contributed by atoms with Crippen LogP contribution < -0.4 is 10.6 Å². The lowest BCUT2D eigenvalue weighted by atomic mass is 10.0. The van der Waals surface area contributed by atoms with Gasteiger partial charge in [-0.05, 0) is 43.9 Å². The zero-order valence-corrected chi connectivity index (χ0v) is 13.0. The predicted octanol–water partition coefficient (Wildman–Crippen LogP) is 3.06. The minimum Gasteiger partial charge on any atom is -0.399 e. The number of thioether (sulfide) groups is 1. The molecule has 1 unspecified atom stereocenters. The topological polar surface area (TPSA) is 55.6 Å². The lowest BCUT2D eigenvalue weighted by Gasteiger charge is -2.30. The monoisotopic (exact) mass is 306 g/mol. The van der Waals surface area contributed by atoms with Crippen molar-refractivity contribution in [3.05, 3.63) is 18.2 Å². The quantitative estimate of drug-likeness (QED) is 0.872. The van der Waals surface area contributed by atoms with Crippen molar-refractivity contribution in [2.75, 3.05) is 29.5 Å². The second-order valence-electron chi connectivity index (χ2n) is 5.65. The van der Waals surface area contributed by atoms with Gasteiger partial charge in [0.2, 0.25) is 5.91 Å². The Bertz CT molecular complexity index is 515. The summed E-state index contributed by atoms with van der Waals surface area (Å²) in [5.41, 5.74) is 7.55. The highest BCUT2D eigenvalue weighted by Crippen LogP contribution is 2.36. The third kappa shape index (κ3) is 3.52. The summed E-state index contributed by atoms with van der Waals surface area (Å²) in [6, 6.07) is 5.82. The van der Waals surface area contributed by atoms with Gasteiger partial charge in [0.1, 0.15) is 0 Å². The van der Waals surface area contributed by atoms with Crippen molar-refractivity contribution in [1.29, 1.82) is 0 Å². The fraction of sp³-hybridized carbons (Fsp3) is 0.562. The van der Waals surface area contributed by atoms with Crippen LogP contribution in [0.3, 0.4) is 0 Å². The van der Waals surface area contributed by atoms with Gasteiger partial charge in [-0.2, -0.15) is 0 Å². The molecule has 1 saturated heterocycles. The number of nitrogens with two attached hydrogens (primary N) is 1. The number of ether oxygens (including phenoxy) is 1. The van der Waals surface area contributed by atoms with Crippen molar-refractivity contribution in [3.8, 4) is 0 Å². The summed E-state index contributed by atoms with van der Waals surface area (Å²) in [5, 5.41) is 0. The molecule has 0 aliphatic carbocycles. The highest BCUT2D eigenvalue weighted by atomic mass is 32.2. The lowest BCUT2D eigenvalue weighted by Crippen LogP contribution is -2.36. The molecule has 5 heteroatoms. The van der Waals surface area contributed by atoms with Crippen LogP contribution in [0.5, 0.6) is 0 Å². The van der Waals surface area contributed by atoms with Crippen LogP contribution in [0.2, 0.25) is 0 Å². The highest BCUT2D eigenvalue weighted by molar-refractivity contribution is 7.99. The zero-order valence-electron chi connectivity index (χ0n) is 12.2. The largest absolute Gasteiger partial charge is 0.399 e. The Morgan fingerprint density at radius 3 is 3.14 bits per heavy atom. The van der Waals surface area contributed by atoms with Crippen LogP contribution in [0.1, 0.15) is 32.1 Å². The van der Waals surface area contributed by atoms with Gasteiger partial charge in [0, 0.05) is 35.9 Å². The molecule has 1 atom stereocenters. The molecule has 0 saturated carbocycles. The van der Waals surface area contributed by atoms with E-state index in [1.165, 1.54) is 6.42 Å². The van der Waals surface area contributed by atoms with E-state index in [4.69, 9.17) is 10.5 Å². The van der Waals surface area contributed by atoms with Gasteiger partial charge in [-0.1, -0.05) is 0 Å². The molecule has 1 aromatic rings. The molecule has 2 aliphatic heterocycles. The molecule has 2 N–H and O–H groups in total. The van der Waals surface area contributed by atoms with Crippen molar-refractivity contribution in [1.82, 2.24) is 0 Å². The minimum absolute atomic E-state index is 0.191. The molecule has 0 aromatic heterocycles. The molecule has 1 aromatic carbocycles. The Kier molecular flexibility index (Phi) is 4.70. The standard InChI is InChI=1S/C16H22N2O2S/c17-12-4-6-15-14(11-12)18(8-10-21-15)16(19)7-5-13-3-1-2-9-20-13/h4,6,11,13H,1-3,5,7-10,17H2. The number of amides is 1. The Morgan fingerprint density at radius 1 is 1.43 bits per heavy atom. The second kappa shape index (κ2) is 6.71. The number of anilines is 2. The summed E-state index contributed by atoms with van der Waals surface area (Å²) >= 11 is 1.79. The first-order valence-electron chi connectivity index (χ1n) is 7.68. The van der Waals surface area contributed by atoms with E-state index in [2.05, 4.69) is 0 Å². The summed E-state index contributed by atoms with van der Waals surface area (Å²) in [5.74, 6) is 1.14. The molecule has 1 fully saturated rings. The average Bonchev–Trinajstić information content (AvgIpc) is 2.53. The van der Waals surface area contributed by atoms with E-state index in [9.17, 15) is 4.79 Å². The van der Waals surface area contributed by atoms with Gasteiger partial charge in [0.05, 0.1) is 11.8 Å². The van der Waals surface area contributed by atoms with Gasteiger partial charge in [-0.25, -0.2) is 0 Å². The number of nitrogens with zero attached hydrogens (tertiary/aromatic N) is 1. The normalized spacial score (nSPS) is 21.9. The molecule has 1 amide bonds. The van der Waals surface area contributed by atoms with E-state index in [-0.39, 0.29) is 12.0 Å². The summed E-state index contributed by atoms with van der Waals surface area (Å²) in [7, 11) is 0. The maximum absolute atomic E-state index is 12.5. The molecular weight excluding hydrogens is 284 g/mol. The molecule has 21 heavy (non-hydrogen) atoms. The fourth-order valence-corrected chi connectivity index (χ4v) is 3.92. The van der Waals surface area contributed by atoms with Crippen LogP contribution in [0.25, 0.3) is 0 Å². The first kappa shape index (κ1) is 14.7. The van der Waals surface area contributed by atoms with E-state index < -0.39 is 0 Å². The van der Waals surface area contributed by atoms with Crippen LogP contribution in [0, 0.1) is 0 Å². The number of rotatable bonds is 3. The number of fused-ring (bicyclic) bond motifs is 1. The van der Waals surface area contributed by atoms with Crippen molar-refractivity contribution in [3.63, 3.8) is 0 Å². The smallest absolute Gasteiger partial charge is 0.227 e. The molecular formula is C16H22N2O2S. The minimum atomic E-state index is 0.191. The van der Waals surface area contributed by atoms with Crippen molar-refractivity contribution in [2.24, 2.45) is 0 Å². The van der Waals surface area contributed by atoms with Gasteiger partial charge >= 0.3 is 0 Å². The van der Waals surface area contributed by atoms with Crippen LogP contribution in [-0.4, -0.2) is 30.9 Å². The van der Waals surface area contributed by atoms with E-state index in [0.717, 1.165) is 48.7 Å². The molecule has 0 spiro atoms. The number of hydrogen-bond acceptors (Lipinski definition) is 4. The maximum Gasteiger partial charge on any atom is 0.227 e. The Hall–Kier alpha value is -1.20. The lowest BCUT2D eigenvalue weighted by molar-refractivity contribution is -0.119. The van der Waals surface area contributed by atoms with Crippen LogP contribution >= 0.6 is 11.8 Å². The Balaban J connectivity index is 1.64. The molecule has 114 valence electrons. The van der Waals surface area contributed by atoms with Crippen molar-refractivity contribution in [2.45, 2.75) is 43.1 Å². The third-order valence-corrected chi connectivity index (χ3v) is 5.14. The molecule has 2 aliphatic rings. The molecule has 3 rings (SSSR count). The van der Waals surface area contributed by atoms with E-state index in [1.54, 1.807) is 11.8 Å². The first-order chi connectivity index (χ1) is 10.2. The maximum atomic E-state index is 12.5. The zero-order chi connectivity index (χ0) is 14.7. The number of carbonyl (C=O) groups is 1. The molecule has 0 radical (unpaired) electrons. The van der Waals surface area contributed by atoms with Crippen LogP contribution in [-0.2, 0) is 9.53 Å². The van der Waals surface area contributed by atoms with Crippen LogP contribution in [0.15, 0.2) is 23.1 Å². The number of benzene rings is 1. The van der Waals surface area contributed by atoms with E-state index in [0.29, 0.717) is 12.1 Å². The van der Waals surface area contributed by atoms with Crippen molar-refractivity contribution < 1.29 is 9.53 Å². The number of nitrogen functional groups attached to an aromatic ring is 1.